The summed E-state index contributed by atoms with van der Waals surface area (Å²) in [5, 5.41) is 1.67. The van der Waals surface area contributed by atoms with Gasteiger partial charge >= 0.3 is 0 Å². The summed E-state index contributed by atoms with van der Waals surface area (Å²) in [6, 6.07) is 16.3. The van der Waals surface area contributed by atoms with Gasteiger partial charge in [-0.3, -0.25) is 9.36 Å². The minimum Gasteiger partial charge on any atom is -0.365 e. The molecule has 35 heavy (non-hydrogen) atoms. The number of hydrogen-bond acceptors (Lipinski definition) is 5. The third-order valence-electron chi connectivity index (χ3n) is 6.21. The molecule has 0 aliphatic heterocycles. The van der Waals surface area contributed by atoms with E-state index in [2.05, 4.69) is 71.7 Å². The molecule has 4 rings (SSSR count). The number of aromatic nitrogens is 2. The number of carbonyl (C=O) groups is 1. The molecule has 0 aliphatic carbocycles. The van der Waals surface area contributed by atoms with Crippen LogP contribution in [0.15, 0.2) is 54.9 Å². The van der Waals surface area contributed by atoms with Crippen LogP contribution in [0.3, 0.4) is 0 Å². The van der Waals surface area contributed by atoms with Crippen LogP contribution < -0.4 is 5.73 Å². The molecule has 1 atom stereocenters. The Labute approximate surface area is 215 Å². The fourth-order valence-electron chi connectivity index (χ4n) is 4.30. The first-order valence-electron chi connectivity index (χ1n) is 11.7. The Morgan fingerprint density at radius 3 is 2.63 bits per heavy atom. The van der Waals surface area contributed by atoms with Crippen LogP contribution in [-0.4, -0.2) is 59.5 Å². The van der Waals surface area contributed by atoms with Gasteiger partial charge in [0.2, 0.25) is 0 Å². The molecule has 0 saturated heterocycles. The van der Waals surface area contributed by atoms with E-state index in [1.807, 2.05) is 30.6 Å². The number of benzene rings is 2. The van der Waals surface area contributed by atoms with Crippen molar-refractivity contribution in [2.45, 2.75) is 25.8 Å². The molecule has 1 unspecified atom stereocenters. The standard InChI is InChI=1S/C27H32ClN5OS/c1-18(21-7-5-6-8-22(21)28)13-20-15-25(35-26(20)27(29)34)33-17-30-23-10-9-19(14-24(23)33)16-32(4)12-11-31(2)3/h5-10,14-15,17-18H,11-13,16H2,1-4H3,(H2,29,34). The molecule has 4 aromatic rings. The highest BCUT2D eigenvalue weighted by molar-refractivity contribution is 7.16. The Balaban J connectivity index is 1.63. The fraction of sp³-hybridized carbons (Fsp3) is 0.333. The number of primary amides is 1. The van der Waals surface area contributed by atoms with Crippen LogP contribution in [0.25, 0.3) is 16.0 Å². The first-order valence-corrected chi connectivity index (χ1v) is 12.9. The average Bonchev–Trinajstić information content (AvgIpc) is 3.41. The number of halogens is 1. The van der Waals surface area contributed by atoms with Crippen LogP contribution in [0.2, 0.25) is 5.02 Å². The van der Waals surface area contributed by atoms with Crippen molar-refractivity contribution in [1.29, 1.82) is 0 Å². The molecule has 2 aromatic carbocycles. The maximum atomic E-state index is 12.3. The lowest BCUT2D eigenvalue weighted by Gasteiger charge is -2.19. The zero-order chi connectivity index (χ0) is 25.1. The summed E-state index contributed by atoms with van der Waals surface area (Å²) in [5.74, 6) is -0.261. The zero-order valence-electron chi connectivity index (χ0n) is 20.7. The second kappa shape index (κ2) is 10.9. The van der Waals surface area contributed by atoms with Gasteiger partial charge in [0.15, 0.2) is 0 Å². The summed E-state index contributed by atoms with van der Waals surface area (Å²) in [6.45, 7) is 4.98. The minimum absolute atomic E-state index is 0.146. The van der Waals surface area contributed by atoms with Crippen LogP contribution in [0, 0.1) is 0 Å². The van der Waals surface area contributed by atoms with E-state index >= 15 is 0 Å². The van der Waals surface area contributed by atoms with E-state index in [1.54, 1.807) is 0 Å². The van der Waals surface area contributed by atoms with Crippen LogP contribution in [-0.2, 0) is 13.0 Å². The van der Waals surface area contributed by atoms with Crippen molar-refractivity contribution in [1.82, 2.24) is 19.4 Å². The van der Waals surface area contributed by atoms with Crippen molar-refractivity contribution in [2.75, 3.05) is 34.2 Å². The van der Waals surface area contributed by atoms with Gasteiger partial charge in [0.1, 0.15) is 11.3 Å². The van der Waals surface area contributed by atoms with E-state index in [1.165, 1.54) is 16.9 Å². The van der Waals surface area contributed by atoms with Crippen LogP contribution >= 0.6 is 22.9 Å². The Morgan fingerprint density at radius 2 is 1.91 bits per heavy atom. The number of rotatable bonds is 10. The van der Waals surface area contributed by atoms with Gasteiger partial charge in [0, 0.05) is 24.7 Å². The lowest BCUT2D eigenvalue weighted by atomic mass is 9.94. The molecule has 6 nitrogen and oxygen atoms in total. The lowest BCUT2D eigenvalue weighted by molar-refractivity contribution is 0.100. The van der Waals surface area contributed by atoms with Crippen LogP contribution in [0.5, 0.6) is 0 Å². The van der Waals surface area contributed by atoms with Crippen molar-refractivity contribution < 1.29 is 4.79 Å². The molecular formula is C27H32ClN5OS. The van der Waals surface area contributed by atoms with E-state index in [9.17, 15) is 4.79 Å². The van der Waals surface area contributed by atoms with Crippen molar-refractivity contribution in [2.24, 2.45) is 5.73 Å². The van der Waals surface area contributed by atoms with Gasteiger partial charge in [-0.25, -0.2) is 4.98 Å². The SMILES string of the molecule is CC(Cc1cc(-n2cnc3ccc(CN(C)CCN(C)C)cc32)sc1C(N)=O)c1ccccc1Cl. The number of imidazole rings is 1. The van der Waals surface area contributed by atoms with Gasteiger partial charge in [-0.1, -0.05) is 42.8 Å². The number of nitrogens with two attached hydrogens (primary N) is 1. The summed E-state index contributed by atoms with van der Waals surface area (Å²) in [7, 11) is 6.31. The zero-order valence-corrected chi connectivity index (χ0v) is 22.2. The lowest BCUT2D eigenvalue weighted by Crippen LogP contribution is -2.28. The average molecular weight is 510 g/mol. The molecule has 8 heteroatoms. The van der Waals surface area contributed by atoms with Crippen molar-refractivity contribution >= 4 is 39.9 Å². The summed E-state index contributed by atoms with van der Waals surface area (Å²) in [6.07, 6.45) is 2.50. The summed E-state index contributed by atoms with van der Waals surface area (Å²) in [5.41, 5.74) is 10.9. The van der Waals surface area contributed by atoms with Gasteiger partial charge < -0.3 is 15.5 Å². The molecule has 0 aliphatic rings. The smallest absolute Gasteiger partial charge is 0.259 e. The van der Waals surface area contributed by atoms with Gasteiger partial charge in [-0.05, 0) is 74.4 Å². The Hall–Kier alpha value is -2.71. The Bertz CT molecular complexity index is 1330. The van der Waals surface area contributed by atoms with Gasteiger partial charge in [0.05, 0.1) is 15.9 Å². The molecule has 2 N–H and O–H groups in total. The molecule has 2 heterocycles. The maximum Gasteiger partial charge on any atom is 0.259 e. The molecule has 2 aromatic heterocycles. The second-order valence-corrected chi connectivity index (χ2v) is 10.8. The van der Waals surface area contributed by atoms with Gasteiger partial charge in [-0.15, -0.1) is 11.3 Å². The third kappa shape index (κ3) is 5.93. The van der Waals surface area contributed by atoms with Crippen molar-refractivity contribution in [3.8, 4) is 5.00 Å². The minimum atomic E-state index is -0.407. The highest BCUT2D eigenvalue weighted by atomic mass is 35.5. The number of amides is 1. The molecule has 0 bridgehead atoms. The molecule has 1 amide bonds. The quantitative estimate of drug-likeness (QED) is 0.320. The van der Waals surface area contributed by atoms with Crippen LogP contribution in [0.1, 0.15) is 39.2 Å². The molecule has 0 radical (unpaired) electrons. The second-order valence-electron chi connectivity index (χ2n) is 9.41. The number of likely N-dealkylation sites (N-methyl/N-ethyl adjacent to an activating group) is 2. The van der Waals surface area contributed by atoms with E-state index < -0.39 is 5.91 Å². The van der Waals surface area contributed by atoms with E-state index in [0.29, 0.717) is 11.3 Å². The largest absolute Gasteiger partial charge is 0.365 e. The van der Waals surface area contributed by atoms with E-state index in [0.717, 1.165) is 51.8 Å². The van der Waals surface area contributed by atoms with E-state index in [4.69, 9.17) is 17.3 Å². The molecule has 0 saturated carbocycles. The van der Waals surface area contributed by atoms with Gasteiger partial charge in [0.25, 0.3) is 5.91 Å². The maximum absolute atomic E-state index is 12.3. The monoisotopic (exact) mass is 509 g/mol. The predicted molar refractivity (Wildman–Crippen MR) is 146 cm³/mol. The third-order valence-corrected chi connectivity index (χ3v) is 7.75. The number of carbonyl (C=O) groups excluding carboxylic acids is 1. The summed E-state index contributed by atoms with van der Waals surface area (Å²) >= 11 is 7.83. The van der Waals surface area contributed by atoms with Crippen LogP contribution in [0.4, 0.5) is 0 Å². The first kappa shape index (κ1) is 25.4. The molecule has 0 fully saturated rings. The van der Waals surface area contributed by atoms with Crippen molar-refractivity contribution in [3.63, 3.8) is 0 Å². The first-order chi connectivity index (χ1) is 16.7. The number of thiophene rings is 1. The molecule has 184 valence electrons. The highest BCUT2D eigenvalue weighted by Gasteiger charge is 2.20. The van der Waals surface area contributed by atoms with E-state index in [-0.39, 0.29) is 5.92 Å². The normalized spacial score (nSPS) is 12.7. The Kier molecular flexibility index (Phi) is 7.91. The molecule has 0 spiro atoms. The summed E-state index contributed by atoms with van der Waals surface area (Å²) in [4.78, 5) is 22.0. The van der Waals surface area contributed by atoms with Gasteiger partial charge in [-0.2, -0.15) is 0 Å². The number of hydrogen-bond donors (Lipinski definition) is 1. The number of fused-ring (bicyclic) bond motifs is 1. The molecular weight excluding hydrogens is 478 g/mol. The number of nitrogens with zero attached hydrogens (tertiary/aromatic N) is 4. The predicted octanol–water partition coefficient (Wildman–Crippen LogP) is 5.18. The summed E-state index contributed by atoms with van der Waals surface area (Å²) < 4.78 is 2.05. The Morgan fingerprint density at radius 1 is 1.14 bits per heavy atom. The fourth-order valence-corrected chi connectivity index (χ4v) is 5.65. The topological polar surface area (TPSA) is 67.4 Å². The highest BCUT2D eigenvalue weighted by Crippen LogP contribution is 2.33. The van der Waals surface area contributed by atoms with Crippen molar-refractivity contribution in [3.05, 3.63) is 81.4 Å².